The Morgan fingerprint density at radius 1 is 1.33 bits per heavy atom. The lowest BCUT2D eigenvalue weighted by atomic mass is 9.69. The summed E-state index contributed by atoms with van der Waals surface area (Å²) in [5.74, 6) is 0.0777. The van der Waals surface area contributed by atoms with Crippen LogP contribution >= 0.6 is 11.6 Å². The molecule has 2 aliphatic rings. The minimum atomic E-state index is -0.145. The molecule has 1 N–H and O–H groups in total. The van der Waals surface area contributed by atoms with Crippen molar-refractivity contribution in [2.75, 3.05) is 33.3 Å². The zero-order valence-corrected chi connectivity index (χ0v) is 16.7. The molecule has 1 saturated carbocycles. The van der Waals surface area contributed by atoms with Gasteiger partial charge < -0.3 is 14.9 Å². The highest BCUT2D eigenvalue weighted by atomic mass is 35.5. The number of aliphatic hydroxyl groups excluding tert-OH is 1. The van der Waals surface area contributed by atoms with E-state index in [1.165, 1.54) is 0 Å². The zero-order chi connectivity index (χ0) is 19.4. The molecule has 2 amide bonds. The summed E-state index contributed by atoms with van der Waals surface area (Å²) in [6.45, 7) is 1.86. The van der Waals surface area contributed by atoms with Gasteiger partial charge in [-0.3, -0.25) is 9.59 Å². The molecule has 0 spiro atoms. The second-order valence-electron chi connectivity index (χ2n) is 8.16. The summed E-state index contributed by atoms with van der Waals surface area (Å²) < 4.78 is 0. The Kier molecular flexibility index (Phi) is 6.43. The zero-order valence-electron chi connectivity index (χ0n) is 16.0. The summed E-state index contributed by atoms with van der Waals surface area (Å²) in [6.07, 6.45) is 4.89. The number of aliphatic hydroxyl groups is 1. The second-order valence-corrected chi connectivity index (χ2v) is 8.59. The maximum Gasteiger partial charge on any atom is 0.227 e. The SMILES string of the molecule is CN(CC1(CO)CCC1)C(=O)[C@@H]1CCC(=O)N(CCc2ccc(Cl)cc2)C1. The second kappa shape index (κ2) is 8.61. The number of amides is 2. The lowest BCUT2D eigenvalue weighted by molar-refractivity contribution is -0.144. The quantitative estimate of drug-likeness (QED) is 0.776. The first-order chi connectivity index (χ1) is 12.9. The molecule has 27 heavy (non-hydrogen) atoms. The number of carbonyl (C=O) groups is 2. The molecule has 1 heterocycles. The molecular formula is C21H29ClN2O3. The van der Waals surface area contributed by atoms with E-state index in [-0.39, 0.29) is 29.8 Å². The molecule has 0 unspecified atom stereocenters. The van der Waals surface area contributed by atoms with E-state index in [9.17, 15) is 14.7 Å². The Morgan fingerprint density at radius 2 is 2.04 bits per heavy atom. The first-order valence-corrected chi connectivity index (χ1v) is 10.2. The van der Waals surface area contributed by atoms with Crippen molar-refractivity contribution < 1.29 is 14.7 Å². The van der Waals surface area contributed by atoms with Crippen LogP contribution < -0.4 is 0 Å². The van der Waals surface area contributed by atoms with Crippen LogP contribution in [0.3, 0.4) is 0 Å². The molecule has 1 aromatic carbocycles. The van der Waals surface area contributed by atoms with Gasteiger partial charge in [-0.2, -0.15) is 0 Å². The molecule has 1 aliphatic heterocycles. The van der Waals surface area contributed by atoms with E-state index in [1.54, 1.807) is 4.90 Å². The highest BCUT2D eigenvalue weighted by Crippen LogP contribution is 2.41. The van der Waals surface area contributed by atoms with Crippen LogP contribution in [0.4, 0.5) is 0 Å². The predicted octanol–water partition coefficient (Wildman–Crippen LogP) is 2.74. The van der Waals surface area contributed by atoms with Gasteiger partial charge in [0.2, 0.25) is 11.8 Å². The normalized spacial score (nSPS) is 21.7. The molecule has 6 heteroatoms. The molecule has 148 valence electrons. The molecule has 3 rings (SSSR count). The van der Waals surface area contributed by atoms with Crippen molar-refractivity contribution in [2.45, 2.75) is 38.5 Å². The van der Waals surface area contributed by atoms with Crippen LogP contribution in [-0.4, -0.2) is 60.0 Å². The smallest absolute Gasteiger partial charge is 0.227 e. The Bertz CT molecular complexity index is 667. The van der Waals surface area contributed by atoms with Gasteiger partial charge in [0.15, 0.2) is 0 Å². The van der Waals surface area contributed by atoms with Crippen LogP contribution in [-0.2, 0) is 16.0 Å². The van der Waals surface area contributed by atoms with E-state index in [4.69, 9.17) is 11.6 Å². The number of halogens is 1. The van der Waals surface area contributed by atoms with Crippen LogP contribution in [0.1, 0.15) is 37.7 Å². The fraction of sp³-hybridized carbons (Fsp3) is 0.619. The van der Waals surface area contributed by atoms with Crippen LogP contribution in [0.2, 0.25) is 5.02 Å². The molecule has 0 aromatic heterocycles. The van der Waals surface area contributed by atoms with Crippen molar-refractivity contribution >= 4 is 23.4 Å². The first kappa shape index (κ1) is 20.2. The van der Waals surface area contributed by atoms with E-state index in [1.807, 2.05) is 36.2 Å². The van der Waals surface area contributed by atoms with E-state index < -0.39 is 0 Å². The fourth-order valence-electron chi connectivity index (χ4n) is 4.18. The minimum Gasteiger partial charge on any atom is -0.396 e. The lowest BCUT2D eigenvalue weighted by Gasteiger charge is -2.44. The number of rotatable bonds is 7. The van der Waals surface area contributed by atoms with Crippen LogP contribution in [0, 0.1) is 11.3 Å². The van der Waals surface area contributed by atoms with Gasteiger partial charge in [0, 0.05) is 43.5 Å². The largest absolute Gasteiger partial charge is 0.396 e. The van der Waals surface area contributed by atoms with Gasteiger partial charge >= 0.3 is 0 Å². The van der Waals surface area contributed by atoms with Crippen molar-refractivity contribution in [3.8, 4) is 0 Å². The third-order valence-electron chi connectivity index (χ3n) is 6.13. The van der Waals surface area contributed by atoms with Gasteiger partial charge in [0.05, 0.1) is 12.5 Å². The molecular weight excluding hydrogens is 364 g/mol. The predicted molar refractivity (Wildman–Crippen MR) is 105 cm³/mol. The standard InChI is InChI=1S/C21H29ClN2O3/c1-23(14-21(15-25)10-2-11-21)20(27)17-5-8-19(26)24(13-17)12-9-16-3-6-18(22)7-4-16/h3-4,6-7,17,25H,2,5,8-15H2,1H3/t17-/m1/s1. The van der Waals surface area contributed by atoms with Crippen LogP contribution in [0.15, 0.2) is 24.3 Å². The number of benzene rings is 1. The van der Waals surface area contributed by atoms with Crippen molar-refractivity contribution in [2.24, 2.45) is 11.3 Å². The maximum absolute atomic E-state index is 12.9. The van der Waals surface area contributed by atoms with Gasteiger partial charge in [0.25, 0.3) is 0 Å². The molecule has 2 fully saturated rings. The highest BCUT2D eigenvalue weighted by molar-refractivity contribution is 6.30. The number of hydrogen-bond acceptors (Lipinski definition) is 3. The summed E-state index contributed by atoms with van der Waals surface area (Å²) in [5, 5.41) is 10.4. The van der Waals surface area contributed by atoms with Crippen molar-refractivity contribution in [1.82, 2.24) is 9.80 Å². The van der Waals surface area contributed by atoms with E-state index >= 15 is 0 Å². The minimum absolute atomic E-state index is 0.0960. The topological polar surface area (TPSA) is 60.9 Å². The monoisotopic (exact) mass is 392 g/mol. The van der Waals surface area contributed by atoms with Gasteiger partial charge in [-0.1, -0.05) is 30.2 Å². The van der Waals surface area contributed by atoms with Crippen LogP contribution in [0.5, 0.6) is 0 Å². The van der Waals surface area contributed by atoms with Gasteiger partial charge in [-0.25, -0.2) is 0 Å². The number of nitrogens with zero attached hydrogens (tertiary/aromatic N) is 2. The Hall–Kier alpha value is -1.59. The molecule has 1 atom stereocenters. The van der Waals surface area contributed by atoms with Crippen molar-refractivity contribution in [3.63, 3.8) is 0 Å². The molecule has 1 aromatic rings. The van der Waals surface area contributed by atoms with E-state index in [2.05, 4.69) is 0 Å². The van der Waals surface area contributed by atoms with E-state index in [0.29, 0.717) is 37.5 Å². The molecule has 1 saturated heterocycles. The van der Waals surface area contributed by atoms with E-state index in [0.717, 1.165) is 31.2 Å². The first-order valence-electron chi connectivity index (χ1n) is 9.80. The number of hydrogen-bond donors (Lipinski definition) is 1. The van der Waals surface area contributed by atoms with Crippen molar-refractivity contribution in [1.29, 1.82) is 0 Å². The van der Waals surface area contributed by atoms with Gasteiger partial charge in [0.1, 0.15) is 0 Å². The van der Waals surface area contributed by atoms with Gasteiger partial charge in [-0.15, -0.1) is 0 Å². The Balaban J connectivity index is 1.54. The number of carbonyl (C=O) groups excluding carboxylic acids is 2. The Labute approximate surface area is 166 Å². The summed E-state index contributed by atoms with van der Waals surface area (Å²) in [4.78, 5) is 28.8. The number of likely N-dealkylation sites (tertiary alicyclic amines) is 1. The summed E-state index contributed by atoms with van der Waals surface area (Å²) in [7, 11) is 1.83. The van der Waals surface area contributed by atoms with Crippen LogP contribution in [0.25, 0.3) is 0 Å². The fourth-order valence-corrected chi connectivity index (χ4v) is 4.31. The average molecular weight is 393 g/mol. The average Bonchev–Trinajstić information content (AvgIpc) is 2.64. The third kappa shape index (κ3) is 4.82. The third-order valence-corrected chi connectivity index (χ3v) is 6.38. The molecule has 1 aliphatic carbocycles. The molecule has 0 bridgehead atoms. The highest BCUT2D eigenvalue weighted by Gasteiger charge is 2.40. The Morgan fingerprint density at radius 3 is 2.63 bits per heavy atom. The van der Waals surface area contributed by atoms with Crippen molar-refractivity contribution in [3.05, 3.63) is 34.9 Å². The maximum atomic E-state index is 12.9. The van der Waals surface area contributed by atoms with Gasteiger partial charge in [-0.05, 0) is 43.4 Å². The summed E-state index contributed by atoms with van der Waals surface area (Å²) >= 11 is 5.92. The lowest BCUT2D eigenvalue weighted by Crippen LogP contribution is -2.50. The summed E-state index contributed by atoms with van der Waals surface area (Å²) in [6, 6.07) is 7.65. The number of piperidine rings is 1. The molecule has 0 radical (unpaired) electrons. The summed E-state index contributed by atoms with van der Waals surface area (Å²) in [5.41, 5.74) is 1.02. The molecule has 5 nitrogen and oxygen atoms in total.